The summed E-state index contributed by atoms with van der Waals surface area (Å²) in [6.07, 6.45) is 2.15. The molecule has 0 heterocycles. The second kappa shape index (κ2) is 6.55. The lowest BCUT2D eigenvalue weighted by atomic mass is 9.92. The zero-order valence-electron chi connectivity index (χ0n) is 11.6. The summed E-state index contributed by atoms with van der Waals surface area (Å²) in [5.74, 6) is 0.0541. The number of nitrogens with one attached hydrogen (secondary N) is 1. The molecule has 1 aromatic rings. The molecular weight excluding hydrogens is 224 g/mol. The van der Waals surface area contributed by atoms with Crippen molar-refractivity contribution in [3.8, 4) is 0 Å². The fraction of sp³-hybridized carbons (Fsp3) is 0.533. The lowest BCUT2D eigenvalue weighted by molar-refractivity contribution is -0.122. The van der Waals surface area contributed by atoms with E-state index in [4.69, 9.17) is 5.73 Å². The minimum atomic E-state index is -0.250. The van der Waals surface area contributed by atoms with Crippen LogP contribution in [-0.4, -0.2) is 18.0 Å². The molecule has 1 amide bonds. The SMILES string of the molecule is CCC(CC)(CN)NC(=O)Cc1ccccc1C. The number of benzene rings is 1. The molecule has 0 fully saturated rings. The number of rotatable bonds is 6. The molecule has 0 unspecified atom stereocenters. The maximum absolute atomic E-state index is 12.1. The molecule has 100 valence electrons. The van der Waals surface area contributed by atoms with Crippen LogP contribution in [0.3, 0.4) is 0 Å². The summed E-state index contributed by atoms with van der Waals surface area (Å²) in [5.41, 5.74) is 7.76. The van der Waals surface area contributed by atoms with Crippen LogP contribution in [0.2, 0.25) is 0 Å². The fourth-order valence-electron chi connectivity index (χ4n) is 2.09. The summed E-state index contributed by atoms with van der Waals surface area (Å²) in [7, 11) is 0. The van der Waals surface area contributed by atoms with E-state index in [1.165, 1.54) is 0 Å². The molecule has 3 nitrogen and oxygen atoms in total. The molecule has 1 rings (SSSR count). The monoisotopic (exact) mass is 248 g/mol. The Morgan fingerprint density at radius 1 is 1.28 bits per heavy atom. The summed E-state index contributed by atoms with van der Waals surface area (Å²) in [5, 5.41) is 3.09. The normalized spacial score (nSPS) is 11.3. The van der Waals surface area contributed by atoms with Gasteiger partial charge in [0.25, 0.3) is 0 Å². The molecule has 0 aromatic heterocycles. The average molecular weight is 248 g/mol. The maximum atomic E-state index is 12.1. The fourth-order valence-corrected chi connectivity index (χ4v) is 2.09. The van der Waals surface area contributed by atoms with E-state index in [2.05, 4.69) is 19.2 Å². The number of aryl methyl sites for hydroxylation is 1. The first-order chi connectivity index (χ1) is 8.56. The van der Waals surface area contributed by atoms with Gasteiger partial charge in [0.05, 0.1) is 12.0 Å². The first kappa shape index (κ1) is 14.7. The van der Waals surface area contributed by atoms with Gasteiger partial charge < -0.3 is 11.1 Å². The Hall–Kier alpha value is -1.35. The molecule has 0 radical (unpaired) electrons. The Morgan fingerprint density at radius 3 is 2.39 bits per heavy atom. The third kappa shape index (κ3) is 3.57. The van der Waals surface area contributed by atoms with Crippen molar-refractivity contribution in [2.45, 2.75) is 45.6 Å². The highest BCUT2D eigenvalue weighted by Crippen LogP contribution is 2.14. The molecule has 0 aliphatic rings. The number of amides is 1. The molecule has 18 heavy (non-hydrogen) atoms. The average Bonchev–Trinajstić information content (AvgIpc) is 2.39. The number of hydrogen-bond acceptors (Lipinski definition) is 2. The summed E-state index contributed by atoms with van der Waals surface area (Å²) in [6, 6.07) is 7.97. The van der Waals surface area contributed by atoms with Crippen molar-refractivity contribution in [3.63, 3.8) is 0 Å². The quantitative estimate of drug-likeness (QED) is 0.810. The van der Waals surface area contributed by atoms with Gasteiger partial charge in [0, 0.05) is 6.54 Å². The second-order valence-electron chi connectivity index (χ2n) is 4.84. The van der Waals surface area contributed by atoms with Gasteiger partial charge in [-0.25, -0.2) is 0 Å². The topological polar surface area (TPSA) is 55.1 Å². The van der Waals surface area contributed by atoms with Crippen LogP contribution < -0.4 is 11.1 Å². The molecule has 0 saturated carbocycles. The van der Waals surface area contributed by atoms with Crippen molar-refractivity contribution in [2.24, 2.45) is 5.73 Å². The van der Waals surface area contributed by atoms with Crippen molar-refractivity contribution in [2.75, 3.05) is 6.54 Å². The van der Waals surface area contributed by atoms with Crippen LogP contribution in [0.5, 0.6) is 0 Å². The van der Waals surface area contributed by atoms with Crippen LogP contribution in [0, 0.1) is 6.92 Å². The minimum absolute atomic E-state index is 0.0541. The smallest absolute Gasteiger partial charge is 0.224 e. The van der Waals surface area contributed by atoms with E-state index in [-0.39, 0.29) is 11.4 Å². The molecule has 0 spiro atoms. The highest BCUT2D eigenvalue weighted by molar-refractivity contribution is 5.79. The van der Waals surface area contributed by atoms with E-state index >= 15 is 0 Å². The standard InChI is InChI=1S/C15H24N2O/c1-4-15(5-2,11-16)17-14(18)10-13-9-7-6-8-12(13)3/h6-9H,4-5,10-11,16H2,1-3H3,(H,17,18). The van der Waals surface area contributed by atoms with Gasteiger partial charge in [-0.1, -0.05) is 38.1 Å². The van der Waals surface area contributed by atoms with Crippen LogP contribution in [0.15, 0.2) is 24.3 Å². The largest absolute Gasteiger partial charge is 0.349 e. The molecule has 0 saturated heterocycles. The molecule has 0 bridgehead atoms. The lowest BCUT2D eigenvalue weighted by Gasteiger charge is -2.31. The highest BCUT2D eigenvalue weighted by atomic mass is 16.1. The van der Waals surface area contributed by atoms with Gasteiger partial charge in [0.15, 0.2) is 0 Å². The van der Waals surface area contributed by atoms with Crippen molar-refractivity contribution < 1.29 is 4.79 Å². The number of nitrogens with two attached hydrogens (primary N) is 1. The Kier molecular flexibility index (Phi) is 5.35. The Bertz CT molecular complexity index is 389. The van der Waals surface area contributed by atoms with Crippen molar-refractivity contribution in [1.82, 2.24) is 5.32 Å². The second-order valence-corrected chi connectivity index (χ2v) is 4.84. The van der Waals surface area contributed by atoms with Gasteiger partial charge in [-0.05, 0) is 30.9 Å². The van der Waals surface area contributed by atoms with E-state index < -0.39 is 0 Å². The van der Waals surface area contributed by atoms with Gasteiger partial charge in [-0.15, -0.1) is 0 Å². The van der Waals surface area contributed by atoms with E-state index in [1.807, 2.05) is 31.2 Å². The van der Waals surface area contributed by atoms with E-state index in [1.54, 1.807) is 0 Å². The molecule has 3 heteroatoms. The van der Waals surface area contributed by atoms with Gasteiger partial charge in [-0.3, -0.25) is 4.79 Å². The highest BCUT2D eigenvalue weighted by Gasteiger charge is 2.26. The Labute approximate surface area is 110 Å². The Morgan fingerprint density at radius 2 is 1.89 bits per heavy atom. The summed E-state index contributed by atoms with van der Waals surface area (Å²) in [4.78, 5) is 12.1. The van der Waals surface area contributed by atoms with Crippen molar-refractivity contribution >= 4 is 5.91 Å². The van der Waals surface area contributed by atoms with E-state index in [0.29, 0.717) is 13.0 Å². The van der Waals surface area contributed by atoms with Crippen molar-refractivity contribution in [1.29, 1.82) is 0 Å². The first-order valence-corrected chi connectivity index (χ1v) is 6.62. The van der Waals surface area contributed by atoms with E-state index in [0.717, 1.165) is 24.0 Å². The van der Waals surface area contributed by atoms with Crippen LogP contribution in [-0.2, 0) is 11.2 Å². The van der Waals surface area contributed by atoms with Gasteiger partial charge in [0.1, 0.15) is 0 Å². The van der Waals surface area contributed by atoms with Gasteiger partial charge in [-0.2, -0.15) is 0 Å². The number of carbonyl (C=O) groups excluding carboxylic acids is 1. The summed E-state index contributed by atoms with van der Waals surface area (Å²) < 4.78 is 0. The summed E-state index contributed by atoms with van der Waals surface area (Å²) in [6.45, 7) is 6.63. The molecule has 0 aliphatic heterocycles. The van der Waals surface area contributed by atoms with Crippen LogP contribution in [0.25, 0.3) is 0 Å². The predicted octanol–water partition coefficient (Wildman–Crippen LogP) is 2.17. The van der Waals surface area contributed by atoms with E-state index in [9.17, 15) is 4.79 Å². The maximum Gasteiger partial charge on any atom is 0.224 e. The first-order valence-electron chi connectivity index (χ1n) is 6.62. The third-order valence-corrected chi connectivity index (χ3v) is 3.76. The number of hydrogen-bond donors (Lipinski definition) is 2. The molecule has 1 aromatic carbocycles. The van der Waals surface area contributed by atoms with Crippen LogP contribution in [0.1, 0.15) is 37.8 Å². The predicted molar refractivity (Wildman–Crippen MR) is 75.4 cm³/mol. The zero-order chi connectivity index (χ0) is 13.6. The van der Waals surface area contributed by atoms with Gasteiger partial charge >= 0.3 is 0 Å². The lowest BCUT2D eigenvalue weighted by Crippen LogP contribution is -2.53. The third-order valence-electron chi connectivity index (χ3n) is 3.76. The zero-order valence-corrected chi connectivity index (χ0v) is 11.6. The van der Waals surface area contributed by atoms with Crippen molar-refractivity contribution in [3.05, 3.63) is 35.4 Å². The van der Waals surface area contributed by atoms with Crippen LogP contribution in [0.4, 0.5) is 0 Å². The number of carbonyl (C=O) groups is 1. The summed E-state index contributed by atoms with van der Waals surface area (Å²) >= 11 is 0. The minimum Gasteiger partial charge on any atom is -0.349 e. The Balaban J connectivity index is 2.70. The van der Waals surface area contributed by atoms with Crippen LogP contribution >= 0.6 is 0 Å². The molecule has 0 aliphatic carbocycles. The molecule has 3 N–H and O–H groups in total. The molecular formula is C15H24N2O. The van der Waals surface area contributed by atoms with Gasteiger partial charge in [0.2, 0.25) is 5.91 Å². The molecule has 0 atom stereocenters.